The van der Waals surface area contributed by atoms with Crippen molar-refractivity contribution in [3.05, 3.63) is 30.2 Å². The highest BCUT2D eigenvalue weighted by molar-refractivity contribution is 7.98. The van der Waals surface area contributed by atoms with Crippen molar-refractivity contribution in [2.75, 3.05) is 0 Å². The van der Waals surface area contributed by atoms with Crippen molar-refractivity contribution in [3.63, 3.8) is 0 Å². The predicted octanol–water partition coefficient (Wildman–Crippen LogP) is 2.86. The molecule has 104 valence electrons. The lowest BCUT2D eigenvalue weighted by atomic mass is 10.1. The molecule has 0 radical (unpaired) electrons. The highest BCUT2D eigenvalue weighted by Gasteiger charge is 2.20. The molecule has 0 fully saturated rings. The van der Waals surface area contributed by atoms with Crippen molar-refractivity contribution < 1.29 is 4.42 Å². The van der Waals surface area contributed by atoms with E-state index >= 15 is 0 Å². The van der Waals surface area contributed by atoms with E-state index in [-0.39, 0.29) is 5.54 Å². The molecule has 0 aliphatic rings. The Morgan fingerprint density at radius 3 is 2.80 bits per heavy atom. The maximum Gasteiger partial charge on any atom is 0.210 e. The van der Waals surface area contributed by atoms with Crippen LogP contribution < -0.4 is 0 Å². The van der Waals surface area contributed by atoms with Gasteiger partial charge in [0.25, 0.3) is 0 Å². The van der Waals surface area contributed by atoms with Gasteiger partial charge in [-0.3, -0.25) is 0 Å². The number of hydrogen-bond acceptors (Lipinski definition) is 6. The Morgan fingerprint density at radius 1 is 1.25 bits per heavy atom. The highest BCUT2D eigenvalue weighted by atomic mass is 32.2. The summed E-state index contributed by atoms with van der Waals surface area (Å²) in [5.41, 5.74) is 1.53. The van der Waals surface area contributed by atoms with E-state index in [2.05, 4.69) is 41.3 Å². The van der Waals surface area contributed by atoms with Crippen LogP contribution in [0.15, 0.2) is 33.8 Å². The van der Waals surface area contributed by atoms with Gasteiger partial charge in [0.05, 0.1) is 11.3 Å². The monoisotopic (exact) mass is 289 g/mol. The molecule has 0 amide bonds. The molecule has 0 bridgehead atoms. The fourth-order valence-electron chi connectivity index (χ4n) is 1.80. The molecule has 0 N–H and O–H groups in total. The summed E-state index contributed by atoms with van der Waals surface area (Å²) in [5, 5.41) is 12.6. The van der Waals surface area contributed by atoms with E-state index in [1.807, 2.05) is 24.3 Å². The number of fused-ring (bicyclic) bond motifs is 1. The van der Waals surface area contributed by atoms with E-state index in [1.165, 1.54) is 11.8 Å². The Hall–Kier alpha value is -1.89. The first-order valence-corrected chi connectivity index (χ1v) is 7.29. The molecule has 20 heavy (non-hydrogen) atoms. The second kappa shape index (κ2) is 4.90. The fraction of sp³-hybridized carbons (Fsp3) is 0.385. The summed E-state index contributed by atoms with van der Waals surface area (Å²) in [6.45, 7) is 6.19. The Morgan fingerprint density at radius 2 is 2.05 bits per heavy atom. The van der Waals surface area contributed by atoms with Crippen molar-refractivity contribution in [1.82, 2.24) is 25.2 Å². The predicted molar refractivity (Wildman–Crippen MR) is 76.4 cm³/mol. The largest absolute Gasteiger partial charge is 0.440 e. The zero-order valence-corrected chi connectivity index (χ0v) is 12.4. The van der Waals surface area contributed by atoms with Crippen LogP contribution in [0.4, 0.5) is 0 Å². The topological polar surface area (TPSA) is 69.6 Å². The van der Waals surface area contributed by atoms with Crippen molar-refractivity contribution in [3.8, 4) is 0 Å². The third kappa shape index (κ3) is 2.53. The Bertz CT molecular complexity index is 695. The number of rotatable bonds is 3. The van der Waals surface area contributed by atoms with Crippen LogP contribution in [0.3, 0.4) is 0 Å². The Balaban J connectivity index is 1.78. The van der Waals surface area contributed by atoms with Crippen LogP contribution in [0, 0.1) is 0 Å². The molecule has 2 heterocycles. The minimum Gasteiger partial charge on any atom is -0.440 e. The van der Waals surface area contributed by atoms with Crippen molar-refractivity contribution in [2.45, 2.75) is 37.2 Å². The van der Waals surface area contributed by atoms with E-state index < -0.39 is 0 Å². The standard InChI is InChI=1S/C13H15N5OS/c1-13(2,3)18-12(15-16-17-18)20-8-11-14-9-6-4-5-7-10(9)19-11/h4-7H,8H2,1-3H3. The molecular formula is C13H15N5OS. The van der Waals surface area contributed by atoms with E-state index in [0.717, 1.165) is 16.3 Å². The molecule has 0 spiro atoms. The van der Waals surface area contributed by atoms with Crippen LogP contribution in [0.2, 0.25) is 0 Å². The van der Waals surface area contributed by atoms with Crippen molar-refractivity contribution in [1.29, 1.82) is 0 Å². The van der Waals surface area contributed by atoms with Crippen LogP contribution in [0.1, 0.15) is 26.7 Å². The van der Waals surface area contributed by atoms with Gasteiger partial charge in [0.1, 0.15) is 5.52 Å². The lowest BCUT2D eigenvalue weighted by Crippen LogP contribution is -2.24. The van der Waals surface area contributed by atoms with Crippen molar-refractivity contribution >= 4 is 22.9 Å². The average Bonchev–Trinajstić information content (AvgIpc) is 3.01. The Kier molecular flexibility index (Phi) is 3.21. The molecule has 0 saturated heterocycles. The summed E-state index contributed by atoms with van der Waals surface area (Å²) in [6, 6.07) is 7.73. The SMILES string of the molecule is CC(C)(C)n1nnnc1SCc1nc2ccccc2o1. The number of hydrogen-bond donors (Lipinski definition) is 0. The molecule has 0 aliphatic heterocycles. The zero-order valence-electron chi connectivity index (χ0n) is 11.6. The Labute approximate surface area is 120 Å². The smallest absolute Gasteiger partial charge is 0.210 e. The third-order valence-electron chi connectivity index (χ3n) is 2.74. The van der Waals surface area contributed by atoms with Gasteiger partial charge in [0.15, 0.2) is 5.58 Å². The number of nitrogens with zero attached hydrogens (tertiary/aromatic N) is 5. The molecule has 7 heteroatoms. The van der Waals surface area contributed by atoms with E-state index in [1.54, 1.807) is 4.68 Å². The molecule has 0 unspecified atom stereocenters. The number of tetrazole rings is 1. The van der Waals surface area contributed by atoms with Gasteiger partial charge in [-0.1, -0.05) is 23.9 Å². The first-order valence-electron chi connectivity index (χ1n) is 6.30. The summed E-state index contributed by atoms with van der Waals surface area (Å²) in [5.74, 6) is 1.28. The van der Waals surface area contributed by atoms with Gasteiger partial charge >= 0.3 is 0 Å². The van der Waals surface area contributed by atoms with Gasteiger partial charge in [-0.25, -0.2) is 9.67 Å². The van der Waals surface area contributed by atoms with Crippen LogP contribution in [-0.4, -0.2) is 25.2 Å². The maximum atomic E-state index is 5.68. The molecule has 3 aromatic rings. The molecule has 2 aromatic heterocycles. The van der Waals surface area contributed by atoms with Gasteiger partial charge in [-0.05, 0) is 43.3 Å². The quantitative estimate of drug-likeness (QED) is 0.690. The van der Waals surface area contributed by atoms with Crippen LogP contribution >= 0.6 is 11.8 Å². The first-order chi connectivity index (χ1) is 9.54. The minimum absolute atomic E-state index is 0.146. The second-order valence-corrected chi connectivity index (χ2v) is 6.35. The summed E-state index contributed by atoms with van der Waals surface area (Å²) < 4.78 is 7.49. The number of aromatic nitrogens is 5. The molecule has 1 aromatic carbocycles. The molecule has 0 aliphatic carbocycles. The summed E-state index contributed by atoms with van der Waals surface area (Å²) in [4.78, 5) is 4.44. The van der Waals surface area contributed by atoms with E-state index in [0.29, 0.717) is 11.6 Å². The lowest BCUT2D eigenvalue weighted by Gasteiger charge is -2.19. The highest BCUT2D eigenvalue weighted by Crippen LogP contribution is 2.25. The second-order valence-electron chi connectivity index (χ2n) is 5.41. The van der Waals surface area contributed by atoms with Gasteiger partial charge in [-0.15, -0.1) is 5.10 Å². The molecule has 3 rings (SSSR count). The molecule has 0 saturated carbocycles. The van der Waals surface area contributed by atoms with Crippen molar-refractivity contribution in [2.24, 2.45) is 0 Å². The summed E-state index contributed by atoms with van der Waals surface area (Å²) >= 11 is 1.52. The van der Waals surface area contributed by atoms with Crippen LogP contribution in [0.25, 0.3) is 11.1 Å². The molecule has 0 atom stereocenters. The van der Waals surface area contributed by atoms with Crippen LogP contribution in [0.5, 0.6) is 0 Å². The number of oxazole rings is 1. The first kappa shape index (κ1) is 13.1. The van der Waals surface area contributed by atoms with E-state index in [4.69, 9.17) is 4.42 Å². The van der Waals surface area contributed by atoms with E-state index in [9.17, 15) is 0 Å². The molecule has 6 nitrogen and oxygen atoms in total. The third-order valence-corrected chi connectivity index (χ3v) is 3.64. The normalized spacial score (nSPS) is 12.2. The minimum atomic E-state index is -0.146. The van der Waals surface area contributed by atoms with Crippen LogP contribution in [-0.2, 0) is 11.3 Å². The average molecular weight is 289 g/mol. The van der Waals surface area contributed by atoms with Gasteiger partial charge in [0, 0.05) is 0 Å². The lowest BCUT2D eigenvalue weighted by molar-refractivity contribution is 0.321. The van der Waals surface area contributed by atoms with Gasteiger partial charge < -0.3 is 4.42 Å². The number of para-hydroxylation sites is 2. The maximum absolute atomic E-state index is 5.68. The fourth-order valence-corrected chi connectivity index (χ4v) is 2.70. The summed E-state index contributed by atoms with van der Waals surface area (Å²) in [7, 11) is 0. The van der Waals surface area contributed by atoms with Gasteiger partial charge in [-0.2, -0.15) is 0 Å². The number of thioether (sulfide) groups is 1. The zero-order chi connectivity index (χ0) is 14.2. The molecular weight excluding hydrogens is 274 g/mol. The summed E-state index contributed by atoms with van der Waals surface area (Å²) in [6.07, 6.45) is 0. The van der Waals surface area contributed by atoms with Gasteiger partial charge in [0.2, 0.25) is 11.0 Å². The number of benzene rings is 1.